The lowest BCUT2D eigenvalue weighted by molar-refractivity contribution is -0.146. The summed E-state index contributed by atoms with van der Waals surface area (Å²) < 4.78 is 4.65. The number of hydrogen-bond acceptors (Lipinski definition) is 4. The van der Waals surface area contributed by atoms with E-state index in [1.807, 2.05) is 30.3 Å². The molecule has 2 unspecified atom stereocenters. The SMILES string of the molecule is COC(=O)C(C)CN(C)C(=O)CCC(N)c1ccccc1. The van der Waals surface area contributed by atoms with Crippen LogP contribution in [0.15, 0.2) is 30.3 Å². The number of hydrogen-bond donors (Lipinski definition) is 1. The van der Waals surface area contributed by atoms with E-state index in [1.54, 1.807) is 18.9 Å². The van der Waals surface area contributed by atoms with Gasteiger partial charge in [0.1, 0.15) is 0 Å². The maximum Gasteiger partial charge on any atom is 0.310 e. The van der Waals surface area contributed by atoms with Gasteiger partial charge in [0.05, 0.1) is 13.0 Å². The first-order valence-corrected chi connectivity index (χ1v) is 7.08. The van der Waals surface area contributed by atoms with Gasteiger partial charge in [-0.1, -0.05) is 37.3 Å². The van der Waals surface area contributed by atoms with Crippen LogP contribution in [0.4, 0.5) is 0 Å². The quantitative estimate of drug-likeness (QED) is 0.777. The predicted molar refractivity (Wildman–Crippen MR) is 81.4 cm³/mol. The topological polar surface area (TPSA) is 72.6 Å². The molecule has 0 bridgehead atoms. The molecule has 5 nitrogen and oxygen atoms in total. The van der Waals surface area contributed by atoms with Crippen molar-refractivity contribution < 1.29 is 14.3 Å². The van der Waals surface area contributed by atoms with Crippen molar-refractivity contribution in [2.45, 2.75) is 25.8 Å². The maximum absolute atomic E-state index is 12.0. The van der Waals surface area contributed by atoms with Crippen LogP contribution in [-0.4, -0.2) is 37.5 Å². The van der Waals surface area contributed by atoms with Crippen molar-refractivity contribution in [3.63, 3.8) is 0 Å². The lowest BCUT2D eigenvalue weighted by atomic mass is 10.0. The first-order chi connectivity index (χ1) is 9.95. The van der Waals surface area contributed by atoms with Crippen molar-refractivity contribution in [2.24, 2.45) is 11.7 Å². The van der Waals surface area contributed by atoms with E-state index in [-0.39, 0.29) is 23.8 Å². The van der Waals surface area contributed by atoms with Gasteiger partial charge in [0.15, 0.2) is 0 Å². The number of methoxy groups -OCH3 is 1. The Labute approximate surface area is 126 Å². The summed E-state index contributed by atoms with van der Waals surface area (Å²) in [5.74, 6) is -0.653. The Morgan fingerprint density at radius 2 is 1.90 bits per heavy atom. The van der Waals surface area contributed by atoms with Gasteiger partial charge < -0.3 is 15.4 Å². The molecule has 0 spiro atoms. The molecule has 0 radical (unpaired) electrons. The molecule has 2 atom stereocenters. The van der Waals surface area contributed by atoms with Gasteiger partial charge in [0.25, 0.3) is 0 Å². The molecular weight excluding hydrogens is 268 g/mol. The Bertz CT molecular complexity index is 462. The third kappa shape index (κ3) is 5.55. The van der Waals surface area contributed by atoms with E-state index < -0.39 is 0 Å². The van der Waals surface area contributed by atoms with Crippen molar-refractivity contribution in [3.8, 4) is 0 Å². The van der Waals surface area contributed by atoms with Gasteiger partial charge >= 0.3 is 5.97 Å². The standard InChI is InChI=1S/C16H24N2O3/c1-12(16(20)21-3)11-18(2)15(19)10-9-14(17)13-7-5-4-6-8-13/h4-8,12,14H,9-11,17H2,1-3H3. The Morgan fingerprint density at radius 1 is 1.29 bits per heavy atom. The monoisotopic (exact) mass is 292 g/mol. The number of carbonyl (C=O) groups excluding carboxylic acids is 2. The molecule has 0 aliphatic rings. The second-order valence-corrected chi connectivity index (χ2v) is 5.25. The molecule has 0 saturated heterocycles. The molecule has 0 saturated carbocycles. The predicted octanol–water partition coefficient (Wildman–Crippen LogP) is 1.73. The molecule has 21 heavy (non-hydrogen) atoms. The summed E-state index contributed by atoms with van der Waals surface area (Å²) >= 11 is 0. The Balaban J connectivity index is 2.41. The molecule has 0 aromatic heterocycles. The van der Waals surface area contributed by atoms with E-state index >= 15 is 0 Å². The largest absolute Gasteiger partial charge is 0.469 e. The first-order valence-electron chi connectivity index (χ1n) is 7.08. The van der Waals surface area contributed by atoms with Crippen LogP contribution in [-0.2, 0) is 14.3 Å². The number of carbonyl (C=O) groups is 2. The summed E-state index contributed by atoms with van der Waals surface area (Å²) in [6.07, 6.45) is 0.945. The van der Waals surface area contributed by atoms with Crippen molar-refractivity contribution >= 4 is 11.9 Å². The maximum atomic E-state index is 12.0. The normalized spacial score (nSPS) is 13.3. The van der Waals surface area contributed by atoms with Gasteiger partial charge in [-0.3, -0.25) is 9.59 Å². The molecule has 0 aliphatic carbocycles. The van der Waals surface area contributed by atoms with E-state index in [1.165, 1.54) is 7.11 Å². The highest BCUT2D eigenvalue weighted by atomic mass is 16.5. The molecule has 0 aliphatic heterocycles. The van der Waals surface area contributed by atoms with Crippen molar-refractivity contribution in [1.29, 1.82) is 0 Å². The zero-order valence-electron chi connectivity index (χ0n) is 12.9. The first kappa shape index (κ1) is 17.2. The molecular formula is C16H24N2O3. The van der Waals surface area contributed by atoms with Gasteiger partial charge in [-0.2, -0.15) is 0 Å². The highest BCUT2D eigenvalue weighted by Crippen LogP contribution is 2.16. The number of nitrogens with zero attached hydrogens (tertiary/aromatic N) is 1. The van der Waals surface area contributed by atoms with E-state index in [0.717, 1.165) is 5.56 Å². The van der Waals surface area contributed by atoms with Crippen LogP contribution in [0.2, 0.25) is 0 Å². The van der Waals surface area contributed by atoms with Gasteiger partial charge in [0.2, 0.25) is 5.91 Å². The number of rotatable bonds is 7. The van der Waals surface area contributed by atoms with Crippen molar-refractivity contribution in [1.82, 2.24) is 4.90 Å². The molecule has 1 aromatic rings. The molecule has 0 heterocycles. The lowest BCUT2D eigenvalue weighted by Crippen LogP contribution is -2.34. The third-order valence-corrected chi connectivity index (χ3v) is 3.47. The van der Waals surface area contributed by atoms with Crippen LogP contribution in [0.1, 0.15) is 31.4 Å². The van der Waals surface area contributed by atoms with E-state index in [9.17, 15) is 9.59 Å². The van der Waals surface area contributed by atoms with Crippen LogP contribution in [0.5, 0.6) is 0 Å². The van der Waals surface area contributed by atoms with Crippen LogP contribution in [0.25, 0.3) is 0 Å². The number of benzene rings is 1. The molecule has 1 rings (SSSR count). The van der Waals surface area contributed by atoms with Gasteiger partial charge in [-0.15, -0.1) is 0 Å². The number of esters is 1. The van der Waals surface area contributed by atoms with E-state index in [2.05, 4.69) is 4.74 Å². The van der Waals surface area contributed by atoms with E-state index in [4.69, 9.17) is 5.73 Å². The van der Waals surface area contributed by atoms with Gasteiger partial charge in [-0.25, -0.2) is 0 Å². The second kappa shape index (κ2) is 8.42. The fourth-order valence-corrected chi connectivity index (χ4v) is 2.13. The number of ether oxygens (including phenoxy) is 1. The summed E-state index contributed by atoms with van der Waals surface area (Å²) in [6, 6.07) is 9.56. The summed E-state index contributed by atoms with van der Waals surface area (Å²) in [7, 11) is 3.04. The summed E-state index contributed by atoms with van der Waals surface area (Å²) in [6.45, 7) is 2.09. The summed E-state index contributed by atoms with van der Waals surface area (Å²) in [5.41, 5.74) is 7.09. The Kier molecular flexibility index (Phi) is 6.88. The minimum absolute atomic E-state index is 0.0165. The van der Waals surface area contributed by atoms with Crippen LogP contribution < -0.4 is 5.73 Å². The minimum Gasteiger partial charge on any atom is -0.469 e. The Morgan fingerprint density at radius 3 is 2.48 bits per heavy atom. The average molecular weight is 292 g/mol. The highest BCUT2D eigenvalue weighted by molar-refractivity contribution is 5.77. The lowest BCUT2D eigenvalue weighted by Gasteiger charge is -2.21. The summed E-state index contributed by atoms with van der Waals surface area (Å²) in [5, 5.41) is 0. The minimum atomic E-state index is -0.327. The molecule has 1 aromatic carbocycles. The molecule has 0 fully saturated rings. The highest BCUT2D eigenvalue weighted by Gasteiger charge is 2.19. The fourth-order valence-electron chi connectivity index (χ4n) is 2.13. The van der Waals surface area contributed by atoms with Gasteiger partial charge in [-0.05, 0) is 12.0 Å². The molecule has 5 heteroatoms. The van der Waals surface area contributed by atoms with Crippen molar-refractivity contribution in [3.05, 3.63) is 35.9 Å². The Hall–Kier alpha value is -1.88. The number of nitrogens with two attached hydrogens (primary N) is 1. The summed E-state index contributed by atoms with van der Waals surface area (Å²) in [4.78, 5) is 24.9. The van der Waals surface area contributed by atoms with Crippen molar-refractivity contribution in [2.75, 3.05) is 20.7 Å². The molecule has 116 valence electrons. The van der Waals surface area contributed by atoms with Crippen LogP contribution >= 0.6 is 0 Å². The zero-order valence-corrected chi connectivity index (χ0v) is 12.9. The molecule has 2 N–H and O–H groups in total. The number of amides is 1. The smallest absolute Gasteiger partial charge is 0.310 e. The van der Waals surface area contributed by atoms with Crippen LogP contribution in [0, 0.1) is 5.92 Å². The van der Waals surface area contributed by atoms with E-state index in [0.29, 0.717) is 19.4 Å². The fraction of sp³-hybridized carbons (Fsp3) is 0.500. The van der Waals surface area contributed by atoms with Gasteiger partial charge in [0, 0.05) is 26.1 Å². The second-order valence-electron chi connectivity index (χ2n) is 5.25. The average Bonchev–Trinajstić information content (AvgIpc) is 2.51. The van der Waals surface area contributed by atoms with Crippen LogP contribution in [0.3, 0.4) is 0 Å². The third-order valence-electron chi connectivity index (χ3n) is 3.47. The zero-order chi connectivity index (χ0) is 15.8. The molecule has 1 amide bonds.